The highest BCUT2D eigenvalue weighted by molar-refractivity contribution is 6.19. The maximum atomic E-state index is 9.93. The fraction of sp³-hybridized carbons (Fsp3) is 0.333. The summed E-state index contributed by atoms with van der Waals surface area (Å²) in [5.41, 5.74) is 5.47. The van der Waals surface area contributed by atoms with Gasteiger partial charge in [-0.3, -0.25) is 0 Å². The molecule has 3 aromatic carbocycles. The van der Waals surface area contributed by atoms with Crippen molar-refractivity contribution in [2.75, 3.05) is 13.2 Å². The van der Waals surface area contributed by atoms with Gasteiger partial charge in [0.2, 0.25) is 0 Å². The van der Waals surface area contributed by atoms with Gasteiger partial charge in [-0.15, -0.1) is 0 Å². The number of fused-ring (bicyclic) bond motifs is 2. The highest BCUT2D eigenvalue weighted by Gasteiger charge is 2.29. The zero-order valence-corrected chi connectivity index (χ0v) is 20.1. The van der Waals surface area contributed by atoms with Crippen LogP contribution in [0, 0.1) is 29.7 Å². The SMILES string of the molecule is [C-]#[N+]c1ccc2c3c(c4c5c(c(OCC(C)C)ccc52)C(C#N)=CC4)C=CC(OCC(C)C)c13. The highest BCUT2D eigenvalue weighted by atomic mass is 16.5. The number of nitrogens with zero attached hydrogens (tertiary/aromatic N) is 2. The third-order valence-corrected chi connectivity index (χ3v) is 6.50. The van der Waals surface area contributed by atoms with E-state index in [9.17, 15) is 5.26 Å². The van der Waals surface area contributed by atoms with Crippen LogP contribution in [-0.4, -0.2) is 13.2 Å². The molecule has 0 aromatic heterocycles. The molecular weight excluding hydrogens is 420 g/mol. The maximum absolute atomic E-state index is 9.93. The van der Waals surface area contributed by atoms with E-state index in [4.69, 9.17) is 16.0 Å². The largest absolute Gasteiger partial charge is 0.493 e. The van der Waals surface area contributed by atoms with Gasteiger partial charge in [0.05, 0.1) is 37.5 Å². The maximum Gasteiger partial charge on any atom is 0.193 e. The Morgan fingerprint density at radius 3 is 2.50 bits per heavy atom. The standard InChI is InChI=1S/C30H28N2O2/c1-17(2)15-33-25-12-9-22-21-8-11-24(32-5)30-26(34-16-18(3)4)13-10-23(29(21)30)20-7-6-19(14-31)27(25)28(20)22/h6,8-13,17-18,26H,7,15-16H2,1-4H3. The predicted molar refractivity (Wildman–Crippen MR) is 138 cm³/mol. The van der Waals surface area contributed by atoms with Crippen molar-refractivity contribution in [1.29, 1.82) is 5.26 Å². The van der Waals surface area contributed by atoms with E-state index < -0.39 is 0 Å². The van der Waals surface area contributed by atoms with Crippen molar-refractivity contribution in [2.24, 2.45) is 11.8 Å². The van der Waals surface area contributed by atoms with Crippen molar-refractivity contribution >= 4 is 38.9 Å². The van der Waals surface area contributed by atoms with E-state index in [2.05, 4.69) is 62.9 Å². The summed E-state index contributed by atoms with van der Waals surface area (Å²) in [7, 11) is 0. The Labute approximate surface area is 200 Å². The third-order valence-electron chi connectivity index (χ3n) is 6.50. The van der Waals surface area contributed by atoms with Crippen molar-refractivity contribution in [3.05, 3.63) is 70.1 Å². The number of hydrogen-bond acceptors (Lipinski definition) is 3. The number of allylic oxidation sites excluding steroid dienone is 2. The van der Waals surface area contributed by atoms with E-state index in [1.807, 2.05) is 18.2 Å². The summed E-state index contributed by atoms with van der Waals surface area (Å²) in [4.78, 5) is 3.85. The molecule has 5 rings (SSSR count). The van der Waals surface area contributed by atoms with Crippen LogP contribution in [0.5, 0.6) is 5.75 Å². The molecular formula is C30H28N2O2. The number of ether oxygens (including phenoxy) is 2. The normalized spacial score (nSPS) is 16.1. The molecule has 1 atom stereocenters. The predicted octanol–water partition coefficient (Wildman–Crippen LogP) is 7.78. The first kappa shape index (κ1) is 22.2. The summed E-state index contributed by atoms with van der Waals surface area (Å²) in [5.74, 6) is 1.56. The van der Waals surface area contributed by atoms with Gasteiger partial charge in [0.15, 0.2) is 5.69 Å². The van der Waals surface area contributed by atoms with Crippen molar-refractivity contribution in [2.45, 2.75) is 40.2 Å². The Balaban J connectivity index is 1.83. The second-order valence-corrected chi connectivity index (χ2v) is 9.93. The highest BCUT2D eigenvalue weighted by Crippen LogP contribution is 2.49. The summed E-state index contributed by atoms with van der Waals surface area (Å²) in [6.07, 6.45) is 6.68. The van der Waals surface area contributed by atoms with E-state index in [1.54, 1.807) is 0 Å². The van der Waals surface area contributed by atoms with Crippen LogP contribution < -0.4 is 4.74 Å². The molecule has 2 aliphatic rings. The fourth-order valence-corrected chi connectivity index (χ4v) is 5.08. The quantitative estimate of drug-likeness (QED) is 0.286. The topological polar surface area (TPSA) is 46.6 Å². The van der Waals surface area contributed by atoms with Crippen LogP contribution in [-0.2, 0) is 11.2 Å². The Morgan fingerprint density at radius 1 is 1.06 bits per heavy atom. The van der Waals surface area contributed by atoms with Crippen LogP contribution in [0.15, 0.2) is 36.4 Å². The Hall–Kier alpha value is -3.60. The van der Waals surface area contributed by atoms with E-state index in [-0.39, 0.29) is 6.10 Å². The zero-order chi connectivity index (χ0) is 24.0. The summed E-state index contributed by atoms with van der Waals surface area (Å²) >= 11 is 0. The van der Waals surface area contributed by atoms with Gasteiger partial charge < -0.3 is 9.47 Å². The molecule has 34 heavy (non-hydrogen) atoms. The second-order valence-electron chi connectivity index (χ2n) is 9.93. The lowest BCUT2D eigenvalue weighted by Gasteiger charge is -2.29. The molecule has 1 unspecified atom stereocenters. The van der Waals surface area contributed by atoms with Crippen LogP contribution >= 0.6 is 0 Å². The molecule has 0 amide bonds. The number of hydrogen-bond donors (Lipinski definition) is 0. The molecule has 4 nitrogen and oxygen atoms in total. The molecule has 0 N–H and O–H groups in total. The van der Waals surface area contributed by atoms with Gasteiger partial charge in [-0.05, 0) is 62.6 Å². The van der Waals surface area contributed by atoms with Gasteiger partial charge in [0.25, 0.3) is 0 Å². The Bertz CT molecular complexity index is 1460. The number of nitriles is 1. The van der Waals surface area contributed by atoms with Crippen LogP contribution in [0.2, 0.25) is 0 Å². The van der Waals surface area contributed by atoms with Crippen LogP contribution in [0.25, 0.3) is 38.0 Å². The summed E-state index contributed by atoms with van der Waals surface area (Å²) in [6, 6.07) is 10.5. The van der Waals surface area contributed by atoms with Crippen molar-refractivity contribution in [3.63, 3.8) is 0 Å². The lowest BCUT2D eigenvalue weighted by molar-refractivity contribution is 0.0663. The lowest BCUT2D eigenvalue weighted by Crippen LogP contribution is -2.12. The van der Waals surface area contributed by atoms with Gasteiger partial charge in [0.1, 0.15) is 5.75 Å². The molecule has 2 aliphatic carbocycles. The zero-order valence-electron chi connectivity index (χ0n) is 20.1. The molecule has 0 saturated heterocycles. The number of benzene rings is 3. The van der Waals surface area contributed by atoms with Crippen LogP contribution in [0.3, 0.4) is 0 Å². The first-order chi connectivity index (χ1) is 16.4. The molecule has 0 heterocycles. The van der Waals surface area contributed by atoms with E-state index in [1.165, 1.54) is 5.56 Å². The first-order valence-electron chi connectivity index (χ1n) is 11.9. The average molecular weight is 449 g/mol. The fourth-order valence-electron chi connectivity index (χ4n) is 5.08. The molecule has 3 aromatic rings. The van der Waals surface area contributed by atoms with Crippen molar-refractivity contribution in [3.8, 4) is 11.8 Å². The van der Waals surface area contributed by atoms with Gasteiger partial charge in [0, 0.05) is 5.56 Å². The summed E-state index contributed by atoms with van der Waals surface area (Å²) in [5, 5.41) is 14.3. The molecule has 0 spiro atoms. The Kier molecular flexibility index (Phi) is 5.64. The molecule has 0 bridgehead atoms. The van der Waals surface area contributed by atoms with Gasteiger partial charge >= 0.3 is 0 Å². The summed E-state index contributed by atoms with van der Waals surface area (Å²) in [6.45, 7) is 17.6. The van der Waals surface area contributed by atoms with Crippen LogP contribution in [0.1, 0.15) is 56.1 Å². The monoisotopic (exact) mass is 448 g/mol. The van der Waals surface area contributed by atoms with Crippen LogP contribution in [0.4, 0.5) is 5.69 Å². The molecule has 0 aliphatic heterocycles. The summed E-state index contributed by atoms with van der Waals surface area (Å²) < 4.78 is 12.4. The van der Waals surface area contributed by atoms with Gasteiger partial charge in [-0.25, -0.2) is 4.85 Å². The van der Waals surface area contributed by atoms with E-state index >= 15 is 0 Å². The van der Waals surface area contributed by atoms with Gasteiger partial charge in [-0.1, -0.05) is 64.1 Å². The molecule has 4 heteroatoms. The first-order valence-corrected chi connectivity index (χ1v) is 11.9. The number of rotatable bonds is 6. The smallest absolute Gasteiger partial charge is 0.193 e. The van der Waals surface area contributed by atoms with Gasteiger partial charge in [-0.2, -0.15) is 5.26 Å². The lowest BCUT2D eigenvalue weighted by atomic mass is 9.79. The third kappa shape index (κ3) is 3.47. The minimum absolute atomic E-state index is 0.241. The molecule has 0 radical (unpaired) electrons. The van der Waals surface area contributed by atoms with Crippen molar-refractivity contribution in [1.82, 2.24) is 0 Å². The van der Waals surface area contributed by atoms with E-state index in [0.29, 0.717) is 42.7 Å². The average Bonchev–Trinajstić information content (AvgIpc) is 2.84. The minimum atomic E-state index is -0.241. The Morgan fingerprint density at radius 2 is 1.79 bits per heavy atom. The molecule has 0 fully saturated rings. The minimum Gasteiger partial charge on any atom is -0.493 e. The second kappa shape index (κ2) is 8.64. The molecule has 170 valence electrons. The van der Waals surface area contributed by atoms with Crippen molar-refractivity contribution < 1.29 is 9.47 Å². The van der Waals surface area contributed by atoms with E-state index in [0.717, 1.165) is 44.0 Å². The molecule has 0 saturated carbocycles.